The van der Waals surface area contributed by atoms with Crippen molar-refractivity contribution in [1.82, 2.24) is 0 Å². The summed E-state index contributed by atoms with van der Waals surface area (Å²) in [5.41, 5.74) is -0.952. The molecule has 394 valence electrons. The van der Waals surface area contributed by atoms with Gasteiger partial charge in [-0.1, -0.05) is 212 Å². The number of hydrogen-bond donors (Lipinski definition) is 1. The molecule has 0 aromatic heterocycles. The Hall–Kier alpha value is -8.08. The zero-order valence-corrected chi connectivity index (χ0v) is 45.6. The number of carbonyl (C=O) groups excluding carboxylic acids is 3. The van der Waals surface area contributed by atoms with E-state index in [1.807, 2.05) is 170 Å². The molecular weight excluding hydrogens is 1160 g/mol. The molecule has 0 spiro atoms. The third kappa shape index (κ3) is 12.7. The van der Waals surface area contributed by atoms with E-state index in [1.165, 1.54) is 42.5 Å². The number of hydrogen-bond acceptors (Lipinski definition) is 6. The second-order valence-electron chi connectivity index (χ2n) is 18.4. The van der Waals surface area contributed by atoms with Crippen LogP contribution in [0.2, 0.25) is 0 Å². The number of aliphatic imine (C=N–C) groups is 1. The summed E-state index contributed by atoms with van der Waals surface area (Å²) in [7, 11) is 0. The fraction of sp³-hybridized carbons (Fsp3) is 0.103. The summed E-state index contributed by atoms with van der Waals surface area (Å²) in [5.74, 6) is -4.92. The summed E-state index contributed by atoms with van der Waals surface area (Å²) >= 11 is 0. The number of rotatable bonds is 19. The number of benzene rings is 7. The molecule has 7 aromatic rings. The van der Waals surface area contributed by atoms with Crippen LogP contribution in [0.15, 0.2) is 257 Å². The quantitative estimate of drug-likeness (QED) is 0.0638. The number of nitrogens with zero attached hydrogens (tertiary/aromatic N) is 1. The number of carboxylic acids is 1. The summed E-state index contributed by atoms with van der Waals surface area (Å²) < 4.78 is 22.2. The van der Waals surface area contributed by atoms with Crippen molar-refractivity contribution in [2.24, 2.45) is 16.3 Å². The minimum Gasteiger partial charge on any atom is -0.478 e. The van der Waals surface area contributed by atoms with E-state index < -0.39 is 57.5 Å². The van der Waals surface area contributed by atoms with Crippen LogP contribution >= 0.6 is 0 Å². The Morgan fingerprint density at radius 2 is 0.897 bits per heavy atom. The number of ketones is 3. The minimum atomic E-state index is -2.23. The second kappa shape index (κ2) is 26.8. The molecule has 10 heteroatoms. The molecule has 7 nitrogen and oxygen atoms in total. The van der Waals surface area contributed by atoms with Gasteiger partial charge in [0.25, 0.3) is 0 Å². The standard InChI is InChI=1S/C68H54FNO6.2Pd/c1-2-76-65-63(66(74)75)64(57(45-51-27-15-6-16-28-51)60(71)42-33-48-21-9-3-10-22-48)67(54-36-37-54,58(46-52-29-17-7-18-30-52)61(72)43-34-49-23-11-4-12-24-49)68(70-65,55-38-40-56(69)41-39-55)59(47-53-31-19-8-20-32-53)62(73)44-35-50-25-13-5-14-26-50;;/h3-35,38-47,54H,2,36-37H2,1H3,(H,74,75);;. The Morgan fingerprint density at radius 3 is 1.29 bits per heavy atom. The Morgan fingerprint density at radius 1 is 0.526 bits per heavy atom. The molecule has 1 saturated carbocycles. The van der Waals surface area contributed by atoms with Crippen molar-refractivity contribution >= 4 is 65.7 Å². The van der Waals surface area contributed by atoms with E-state index in [1.54, 1.807) is 55.5 Å². The van der Waals surface area contributed by atoms with Crippen LogP contribution in [0.5, 0.6) is 0 Å². The number of allylic oxidation sites excluding steroid dienone is 4. The van der Waals surface area contributed by atoms with Crippen molar-refractivity contribution in [3.05, 3.63) is 297 Å². The van der Waals surface area contributed by atoms with Crippen LogP contribution in [0.25, 0.3) is 36.5 Å². The molecule has 2 atom stereocenters. The maximum Gasteiger partial charge on any atom is 0.341 e. The van der Waals surface area contributed by atoms with Crippen molar-refractivity contribution in [3.63, 3.8) is 0 Å². The SMILES string of the molecule is CCOC1=NC(C(=Cc2ccccc2)C(=O)C=Cc2ccccc2)(c2ccc(F)cc2)C(C(=Cc2ccccc2)C(=O)C=Cc2ccccc2)(C2CC2)C(C(=Cc2ccccc2)C(=O)C=Cc2ccccc2)=C1C(=O)O.[Pd].[Pd]. The molecule has 9 rings (SSSR count). The average molecular weight is 1210 g/mol. The number of carbonyl (C=O) groups is 4. The van der Waals surface area contributed by atoms with Crippen LogP contribution in [-0.2, 0) is 70.3 Å². The normalized spacial score (nSPS) is 17.8. The van der Waals surface area contributed by atoms with Gasteiger partial charge in [-0.2, -0.15) is 0 Å². The zero-order valence-electron chi connectivity index (χ0n) is 42.5. The Kier molecular flexibility index (Phi) is 19.8. The van der Waals surface area contributed by atoms with Gasteiger partial charge >= 0.3 is 5.97 Å². The predicted molar refractivity (Wildman–Crippen MR) is 302 cm³/mol. The molecule has 1 heterocycles. The average Bonchev–Trinajstić information content (AvgIpc) is 4.43. The van der Waals surface area contributed by atoms with Gasteiger partial charge in [0.1, 0.15) is 16.9 Å². The van der Waals surface area contributed by atoms with Crippen molar-refractivity contribution in [1.29, 1.82) is 0 Å². The third-order valence-electron chi connectivity index (χ3n) is 13.5. The Bertz CT molecular complexity index is 3500. The number of ether oxygens (including phenoxy) is 1. The maximum atomic E-state index is 16.4. The summed E-state index contributed by atoms with van der Waals surface area (Å²) in [6, 6.07) is 60.7. The summed E-state index contributed by atoms with van der Waals surface area (Å²) in [5, 5.41) is 12.0. The van der Waals surface area contributed by atoms with Crippen LogP contribution < -0.4 is 0 Å². The number of aliphatic carboxylic acids is 1. The van der Waals surface area contributed by atoms with E-state index in [9.17, 15) is 9.90 Å². The minimum absolute atomic E-state index is 0. The molecule has 0 amide bonds. The topological polar surface area (TPSA) is 110 Å². The van der Waals surface area contributed by atoms with Crippen molar-refractivity contribution in [3.8, 4) is 0 Å². The molecule has 0 radical (unpaired) electrons. The molecule has 0 bridgehead atoms. The van der Waals surface area contributed by atoms with Gasteiger partial charge in [-0.3, -0.25) is 14.4 Å². The second-order valence-corrected chi connectivity index (χ2v) is 18.4. The van der Waals surface area contributed by atoms with Gasteiger partial charge in [0, 0.05) is 57.6 Å². The van der Waals surface area contributed by atoms with Crippen molar-refractivity contribution in [2.45, 2.75) is 25.3 Å². The molecule has 78 heavy (non-hydrogen) atoms. The first-order valence-electron chi connectivity index (χ1n) is 25.2. The first-order chi connectivity index (χ1) is 37.1. The van der Waals surface area contributed by atoms with Crippen LogP contribution in [0, 0.1) is 17.2 Å². The van der Waals surface area contributed by atoms with E-state index in [0.717, 1.165) is 0 Å². The maximum absolute atomic E-state index is 16.4. The fourth-order valence-corrected chi connectivity index (χ4v) is 10.2. The van der Waals surface area contributed by atoms with Gasteiger partial charge in [0.15, 0.2) is 17.3 Å². The molecule has 7 aromatic carbocycles. The van der Waals surface area contributed by atoms with E-state index in [2.05, 4.69) is 0 Å². The van der Waals surface area contributed by atoms with E-state index >= 15 is 18.8 Å². The van der Waals surface area contributed by atoms with Crippen molar-refractivity contribution < 1.29 is 74.3 Å². The summed E-state index contributed by atoms with van der Waals surface area (Å²) in [6.07, 6.45) is 15.1. The van der Waals surface area contributed by atoms with Crippen LogP contribution in [0.4, 0.5) is 4.39 Å². The fourth-order valence-electron chi connectivity index (χ4n) is 10.2. The first kappa shape index (κ1) is 57.6. The first-order valence-corrected chi connectivity index (χ1v) is 25.2. The van der Waals surface area contributed by atoms with E-state index in [-0.39, 0.29) is 75.3 Å². The number of halogens is 1. The number of dihydropyridines is 1. The largest absolute Gasteiger partial charge is 0.478 e. The van der Waals surface area contributed by atoms with Gasteiger partial charge < -0.3 is 9.84 Å². The number of carboxylic acid groups (broad SMARTS) is 1. The van der Waals surface area contributed by atoms with Crippen molar-refractivity contribution in [2.75, 3.05) is 6.61 Å². The van der Waals surface area contributed by atoms with E-state index in [4.69, 9.17) is 9.73 Å². The predicted octanol–water partition coefficient (Wildman–Crippen LogP) is 14.3. The van der Waals surface area contributed by atoms with Crippen LogP contribution in [0.3, 0.4) is 0 Å². The molecule has 1 aliphatic carbocycles. The molecule has 2 unspecified atom stereocenters. The van der Waals surface area contributed by atoms with Crippen LogP contribution in [0.1, 0.15) is 58.7 Å². The Labute approximate surface area is 482 Å². The third-order valence-corrected chi connectivity index (χ3v) is 13.5. The van der Waals surface area contributed by atoms with Gasteiger partial charge in [0.2, 0.25) is 5.90 Å². The molecular formula is C68H54FNO6Pd2. The van der Waals surface area contributed by atoms with Gasteiger partial charge in [-0.25, -0.2) is 14.2 Å². The van der Waals surface area contributed by atoms with Gasteiger partial charge in [0.05, 0.1) is 12.0 Å². The van der Waals surface area contributed by atoms with Gasteiger partial charge in [-0.05, 0) is 119 Å². The smallest absolute Gasteiger partial charge is 0.341 e. The monoisotopic (exact) mass is 1210 g/mol. The molecule has 1 aliphatic heterocycles. The molecule has 1 fully saturated rings. The van der Waals surface area contributed by atoms with E-state index in [0.29, 0.717) is 46.2 Å². The molecule has 0 saturated heterocycles. The van der Waals surface area contributed by atoms with Crippen LogP contribution in [-0.4, -0.2) is 40.9 Å². The Balaban J connectivity index is 0.00000441. The van der Waals surface area contributed by atoms with Gasteiger partial charge in [-0.15, -0.1) is 0 Å². The zero-order chi connectivity index (χ0) is 52.9. The summed E-state index contributed by atoms with van der Waals surface area (Å²) in [4.78, 5) is 69.0. The summed E-state index contributed by atoms with van der Waals surface area (Å²) in [6.45, 7) is 1.59. The molecule has 2 aliphatic rings. The molecule has 1 N–H and O–H groups in total.